The Labute approximate surface area is 220 Å². The monoisotopic (exact) mass is 511 g/mol. The highest BCUT2D eigenvalue weighted by Crippen LogP contribution is 2.38. The van der Waals surface area contributed by atoms with E-state index in [4.69, 9.17) is 9.47 Å². The van der Waals surface area contributed by atoms with Crippen LogP contribution in [0, 0.1) is 0 Å². The molecule has 0 spiro atoms. The Balaban J connectivity index is 1.87. The molecule has 0 aliphatic carbocycles. The highest BCUT2D eigenvalue weighted by Gasteiger charge is 2.41. The number of carbonyl (C=O) groups excluding carboxylic acids is 2. The maximum atomic E-state index is 12.4. The summed E-state index contributed by atoms with van der Waals surface area (Å²) >= 11 is 0. The van der Waals surface area contributed by atoms with Gasteiger partial charge >= 0.3 is 5.97 Å². The Morgan fingerprint density at radius 1 is 1.14 bits per heavy atom. The summed E-state index contributed by atoms with van der Waals surface area (Å²) in [6, 6.07) is 15.2. The zero-order valence-corrected chi connectivity index (χ0v) is 22.9. The van der Waals surface area contributed by atoms with Gasteiger partial charge in [0.05, 0.1) is 6.10 Å². The van der Waals surface area contributed by atoms with Gasteiger partial charge in [-0.3, -0.25) is 9.69 Å². The number of nitrogens with zero attached hydrogens (tertiary/aromatic N) is 2. The molecule has 0 radical (unpaired) electrons. The molecule has 1 heterocycles. The standard InChI is InChI=1S/C29H41N3O5/c1-7-16-30-27(35)21-11-13-23(14-12-21)31(6)29(5,32-17-15-24(33)19-32)22-9-8-10-25(18-22)36-20-26(34)37-28(2,3)4/h8-14,18,24,33H,7,15-17,19-20H2,1-6H3,(H,30,35)/t24-,29-/m0/s1. The number of ether oxygens (including phenoxy) is 2. The lowest BCUT2D eigenvalue weighted by Gasteiger charge is -2.47. The van der Waals surface area contributed by atoms with Crippen LogP contribution in [0.25, 0.3) is 0 Å². The van der Waals surface area contributed by atoms with Gasteiger partial charge in [0.1, 0.15) is 17.0 Å². The minimum atomic E-state index is -0.630. The minimum absolute atomic E-state index is 0.0867. The van der Waals surface area contributed by atoms with E-state index < -0.39 is 23.3 Å². The zero-order valence-electron chi connectivity index (χ0n) is 22.9. The topological polar surface area (TPSA) is 91.3 Å². The Morgan fingerprint density at radius 2 is 1.84 bits per heavy atom. The van der Waals surface area contributed by atoms with Gasteiger partial charge in [0, 0.05) is 37.9 Å². The molecule has 8 heteroatoms. The maximum absolute atomic E-state index is 12.4. The number of hydrogen-bond donors (Lipinski definition) is 2. The summed E-state index contributed by atoms with van der Waals surface area (Å²) in [6.07, 6.45) is 1.17. The van der Waals surface area contributed by atoms with Crippen LogP contribution in [0.3, 0.4) is 0 Å². The van der Waals surface area contributed by atoms with E-state index in [0.29, 0.717) is 30.8 Å². The SMILES string of the molecule is CCCNC(=O)c1ccc(N(C)[C@](C)(c2cccc(OCC(=O)OC(C)(C)C)c2)N2CC[C@H](O)C2)cc1. The van der Waals surface area contributed by atoms with Crippen molar-refractivity contribution >= 4 is 17.6 Å². The normalized spacial score (nSPS) is 17.6. The molecule has 1 aliphatic heterocycles. The highest BCUT2D eigenvalue weighted by atomic mass is 16.6. The summed E-state index contributed by atoms with van der Waals surface area (Å²) in [5, 5.41) is 13.2. The van der Waals surface area contributed by atoms with Gasteiger partial charge in [-0.25, -0.2) is 4.79 Å². The number of likely N-dealkylation sites (tertiary alicyclic amines) is 1. The molecule has 1 amide bonds. The van der Waals surface area contributed by atoms with Crippen molar-refractivity contribution in [2.45, 2.75) is 64.8 Å². The van der Waals surface area contributed by atoms with Crippen LogP contribution in [0.1, 0.15) is 63.4 Å². The molecule has 37 heavy (non-hydrogen) atoms. The highest BCUT2D eigenvalue weighted by molar-refractivity contribution is 5.94. The second kappa shape index (κ2) is 12.0. The number of rotatable bonds is 10. The Bertz CT molecular complexity index is 1070. The molecule has 8 nitrogen and oxygen atoms in total. The Kier molecular flexibility index (Phi) is 9.21. The van der Waals surface area contributed by atoms with Gasteiger partial charge in [-0.2, -0.15) is 0 Å². The lowest BCUT2D eigenvalue weighted by atomic mass is 9.96. The fraction of sp³-hybridized carbons (Fsp3) is 0.517. The third-order valence-electron chi connectivity index (χ3n) is 6.64. The smallest absolute Gasteiger partial charge is 0.344 e. The molecule has 0 unspecified atom stereocenters. The molecular weight excluding hydrogens is 470 g/mol. The second-order valence-corrected chi connectivity index (χ2v) is 10.7. The molecular formula is C29H41N3O5. The van der Waals surface area contributed by atoms with E-state index in [1.165, 1.54) is 0 Å². The van der Waals surface area contributed by atoms with Crippen LogP contribution in [-0.4, -0.2) is 66.9 Å². The predicted octanol–water partition coefficient (Wildman–Crippen LogP) is 3.92. The van der Waals surface area contributed by atoms with Crippen molar-refractivity contribution in [3.05, 3.63) is 59.7 Å². The summed E-state index contributed by atoms with van der Waals surface area (Å²) < 4.78 is 11.1. The van der Waals surface area contributed by atoms with E-state index in [-0.39, 0.29) is 12.5 Å². The molecule has 1 aliphatic rings. The van der Waals surface area contributed by atoms with Crippen LogP contribution in [0.4, 0.5) is 5.69 Å². The van der Waals surface area contributed by atoms with E-state index in [2.05, 4.69) is 22.0 Å². The average molecular weight is 512 g/mol. The molecule has 0 saturated carbocycles. The number of aliphatic hydroxyl groups excluding tert-OH is 1. The molecule has 2 aromatic carbocycles. The van der Waals surface area contributed by atoms with Crippen LogP contribution in [0.2, 0.25) is 0 Å². The first-order valence-electron chi connectivity index (χ1n) is 12.9. The molecule has 1 saturated heterocycles. The molecule has 3 rings (SSSR count). The first-order valence-corrected chi connectivity index (χ1v) is 12.9. The average Bonchev–Trinajstić information content (AvgIpc) is 3.31. The van der Waals surface area contributed by atoms with Gasteiger partial charge in [0.15, 0.2) is 6.61 Å². The minimum Gasteiger partial charge on any atom is -0.482 e. The van der Waals surface area contributed by atoms with Crippen LogP contribution < -0.4 is 15.0 Å². The number of nitrogens with one attached hydrogen (secondary N) is 1. The van der Waals surface area contributed by atoms with E-state index in [9.17, 15) is 14.7 Å². The van der Waals surface area contributed by atoms with Crippen molar-refractivity contribution in [1.29, 1.82) is 0 Å². The van der Waals surface area contributed by atoms with Crippen LogP contribution in [-0.2, 0) is 15.2 Å². The summed E-state index contributed by atoms with van der Waals surface area (Å²) in [5.41, 5.74) is 1.29. The Hall–Kier alpha value is -3.10. The van der Waals surface area contributed by atoms with Crippen molar-refractivity contribution in [3.8, 4) is 5.75 Å². The molecule has 2 N–H and O–H groups in total. The van der Waals surface area contributed by atoms with Crippen molar-refractivity contribution in [2.24, 2.45) is 0 Å². The van der Waals surface area contributed by atoms with E-state index in [0.717, 1.165) is 24.2 Å². The molecule has 2 atom stereocenters. The first-order chi connectivity index (χ1) is 17.4. The van der Waals surface area contributed by atoms with Crippen LogP contribution >= 0.6 is 0 Å². The fourth-order valence-electron chi connectivity index (χ4n) is 4.55. The van der Waals surface area contributed by atoms with Gasteiger partial charge in [0.2, 0.25) is 0 Å². The van der Waals surface area contributed by atoms with Gasteiger partial charge in [0.25, 0.3) is 5.91 Å². The van der Waals surface area contributed by atoms with Gasteiger partial charge < -0.3 is 24.8 Å². The lowest BCUT2D eigenvalue weighted by molar-refractivity contribution is -0.157. The summed E-state index contributed by atoms with van der Waals surface area (Å²) in [4.78, 5) is 28.9. The fourth-order valence-corrected chi connectivity index (χ4v) is 4.55. The van der Waals surface area contributed by atoms with Gasteiger partial charge in [-0.05, 0) is 82.5 Å². The first kappa shape index (κ1) is 28.5. The number of amides is 1. The second-order valence-electron chi connectivity index (χ2n) is 10.7. The molecule has 1 fully saturated rings. The van der Waals surface area contributed by atoms with Crippen molar-refractivity contribution in [1.82, 2.24) is 10.2 Å². The number of carbonyl (C=O) groups is 2. The molecule has 202 valence electrons. The number of anilines is 1. The number of aliphatic hydroxyl groups is 1. The molecule has 2 aromatic rings. The lowest BCUT2D eigenvalue weighted by Crippen LogP contribution is -2.54. The number of hydrogen-bond acceptors (Lipinski definition) is 7. The van der Waals surface area contributed by atoms with Gasteiger partial charge in [-0.1, -0.05) is 19.1 Å². The maximum Gasteiger partial charge on any atom is 0.344 e. The Morgan fingerprint density at radius 3 is 2.43 bits per heavy atom. The number of esters is 1. The zero-order chi connectivity index (χ0) is 27.2. The number of β-amino-alcohol motifs (C(OH)–C–C–N with tert-alkyl or cyclic N) is 1. The summed E-state index contributed by atoms with van der Waals surface area (Å²) in [5.74, 6) is 0.0468. The third kappa shape index (κ3) is 7.23. The van der Waals surface area contributed by atoms with Crippen LogP contribution in [0.15, 0.2) is 48.5 Å². The van der Waals surface area contributed by atoms with E-state index in [1.54, 1.807) is 0 Å². The summed E-state index contributed by atoms with van der Waals surface area (Å²) in [7, 11) is 2.01. The van der Waals surface area contributed by atoms with E-state index >= 15 is 0 Å². The van der Waals surface area contributed by atoms with Crippen LogP contribution in [0.5, 0.6) is 5.75 Å². The number of benzene rings is 2. The summed E-state index contributed by atoms with van der Waals surface area (Å²) in [6.45, 7) is 11.3. The quantitative estimate of drug-likeness (QED) is 0.467. The largest absolute Gasteiger partial charge is 0.482 e. The van der Waals surface area contributed by atoms with Gasteiger partial charge in [-0.15, -0.1) is 0 Å². The van der Waals surface area contributed by atoms with E-state index in [1.807, 2.05) is 83.3 Å². The molecule has 0 aromatic heterocycles. The predicted molar refractivity (Wildman–Crippen MR) is 145 cm³/mol. The van der Waals surface area contributed by atoms with Crippen molar-refractivity contribution in [2.75, 3.05) is 38.2 Å². The van der Waals surface area contributed by atoms with Crippen molar-refractivity contribution in [3.63, 3.8) is 0 Å². The molecule has 0 bridgehead atoms. The third-order valence-corrected chi connectivity index (χ3v) is 6.64. The van der Waals surface area contributed by atoms with Crippen molar-refractivity contribution < 1.29 is 24.2 Å².